The van der Waals surface area contributed by atoms with Crippen molar-refractivity contribution >= 4 is 21.7 Å². The Bertz CT molecular complexity index is 598. The van der Waals surface area contributed by atoms with Crippen molar-refractivity contribution in [3.05, 3.63) is 24.3 Å². The second-order valence-corrected chi connectivity index (χ2v) is 6.96. The molecule has 1 aliphatic carbocycles. The number of benzene rings is 1. The van der Waals surface area contributed by atoms with Gasteiger partial charge in [0.1, 0.15) is 0 Å². The number of nitrogens with one attached hydrogen (secondary N) is 1. The van der Waals surface area contributed by atoms with E-state index in [0.29, 0.717) is 12.1 Å². The summed E-state index contributed by atoms with van der Waals surface area (Å²) in [5.41, 5.74) is 0.709. The molecule has 0 heterocycles. The first-order valence-electron chi connectivity index (χ1n) is 7.00. The third-order valence-corrected chi connectivity index (χ3v) is 4.80. The van der Waals surface area contributed by atoms with Crippen LogP contribution in [0.3, 0.4) is 0 Å². The van der Waals surface area contributed by atoms with E-state index in [4.69, 9.17) is 5.14 Å². The van der Waals surface area contributed by atoms with Gasteiger partial charge in [0.25, 0.3) is 0 Å². The van der Waals surface area contributed by atoms with Gasteiger partial charge in [-0.05, 0) is 37.1 Å². The molecule has 1 aromatic rings. The summed E-state index contributed by atoms with van der Waals surface area (Å²) in [6.07, 6.45) is 4.44. The van der Waals surface area contributed by atoms with Gasteiger partial charge in [-0.15, -0.1) is 0 Å². The van der Waals surface area contributed by atoms with E-state index in [2.05, 4.69) is 5.32 Å². The van der Waals surface area contributed by atoms with Crippen LogP contribution in [0, 0.1) is 5.92 Å². The van der Waals surface area contributed by atoms with Crippen molar-refractivity contribution in [2.45, 2.75) is 43.0 Å². The number of carboxylic acid groups (broad SMARTS) is 1. The van der Waals surface area contributed by atoms with Crippen LogP contribution in [-0.4, -0.2) is 25.5 Å². The van der Waals surface area contributed by atoms with Gasteiger partial charge in [0.15, 0.2) is 0 Å². The van der Waals surface area contributed by atoms with Gasteiger partial charge in [0.2, 0.25) is 10.0 Å². The number of primary sulfonamides is 1. The van der Waals surface area contributed by atoms with Gasteiger partial charge < -0.3 is 10.4 Å². The summed E-state index contributed by atoms with van der Waals surface area (Å²) >= 11 is 0. The highest BCUT2D eigenvalue weighted by atomic mass is 32.2. The highest BCUT2D eigenvalue weighted by Crippen LogP contribution is 2.27. The minimum absolute atomic E-state index is 0.0451. The fourth-order valence-corrected chi connectivity index (χ4v) is 3.25. The van der Waals surface area contributed by atoms with Crippen LogP contribution in [0.1, 0.15) is 32.1 Å². The van der Waals surface area contributed by atoms with Crippen molar-refractivity contribution < 1.29 is 18.3 Å². The summed E-state index contributed by atoms with van der Waals surface area (Å²) in [4.78, 5) is 11.4. The molecular formula is C14H20N2O4S. The predicted octanol–water partition coefficient (Wildman–Crippen LogP) is 1.78. The van der Waals surface area contributed by atoms with Crippen LogP contribution >= 0.6 is 0 Å². The van der Waals surface area contributed by atoms with Crippen LogP contribution < -0.4 is 10.5 Å². The highest BCUT2D eigenvalue weighted by molar-refractivity contribution is 7.89. The maximum Gasteiger partial charge on any atom is 0.308 e. The van der Waals surface area contributed by atoms with E-state index < -0.39 is 21.9 Å². The van der Waals surface area contributed by atoms with Crippen molar-refractivity contribution in [3.8, 4) is 0 Å². The third kappa shape index (κ3) is 4.18. The molecule has 0 amide bonds. The van der Waals surface area contributed by atoms with Gasteiger partial charge >= 0.3 is 5.97 Å². The number of rotatable bonds is 4. The number of carbonyl (C=O) groups is 1. The largest absolute Gasteiger partial charge is 0.481 e. The number of sulfonamides is 1. The molecule has 1 aliphatic rings. The fourth-order valence-electron chi connectivity index (χ4n) is 2.73. The fraction of sp³-hybridized carbons (Fsp3) is 0.500. The molecule has 0 radical (unpaired) electrons. The van der Waals surface area contributed by atoms with Crippen LogP contribution in [0.4, 0.5) is 5.69 Å². The molecule has 1 fully saturated rings. The minimum Gasteiger partial charge on any atom is -0.481 e. The number of aliphatic carboxylic acids is 1. The van der Waals surface area contributed by atoms with Crippen molar-refractivity contribution in [1.29, 1.82) is 0 Å². The molecule has 7 heteroatoms. The van der Waals surface area contributed by atoms with E-state index in [1.807, 2.05) is 0 Å². The molecule has 0 saturated heterocycles. The Kier molecular flexibility index (Phi) is 4.84. The van der Waals surface area contributed by atoms with Gasteiger partial charge in [-0.3, -0.25) is 4.79 Å². The number of carboxylic acids is 1. The van der Waals surface area contributed by atoms with Crippen LogP contribution in [0.2, 0.25) is 0 Å². The maximum absolute atomic E-state index is 11.4. The summed E-state index contributed by atoms with van der Waals surface area (Å²) < 4.78 is 22.4. The maximum atomic E-state index is 11.4. The molecule has 0 aliphatic heterocycles. The minimum atomic E-state index is -3.70. The Labute approximate surface area is 124 Å². The topological polar surface area (TPSA) is 109 Å². The van der Waals surface area contributed by atoms with E-state index in [9.17, 15) is 18.3 Å². The zero-order chi connectivity index (χ0) is 15.5. The van der Waals surface area contributed by atoms with E-state index >= 15 is 0 Å². The standard InChI is InChI=1S/C14H20N2O4S/c15-21(19,20)11-8-6-10(7-9-11)16-13-5-3-1-2-4-12(13)14(17)18/h6-9,12-13,16H,1-5H2,(H,17,18)(H2,15,19,20). The van der Waals surface area contributed by atoms with Crippen LogP contribution in [0.25, 0.3) is 0 Å². The summed E-state index contributed by atoms with van der Waals surface area (Å²) in [5, 5.41) is 17.6. The van der Waals surface area contributed by atoms with E-state index in [1.165, 1.54) is 12.1 Å². The first-order valence-corrected chi connectivity index (χ1v) is 8.55. The van der Waals surface area contributed by atoms with Gasteiger partial charge in [0.05, 0.1) is 10.8 Å². The summed E-state index contributed by atoms with van der Waals surface area (Å²) in [7, 11) is -3.70. The Balaban J connectivity index is 2.13. The SMILES string of the molecule is NS(=O)(=O)c1ccc(NC2CCCCCC2C(=O)O)cc1. The Hall–Kier alpha value is -1.60. The van der Waals surface area contributed by atoms with Gasteiger partial charge in [-0.2, -0.15) is 0 Å². The monoisotopic (exact) mass is 312 g/mol. The Morgan fingerprint density at radius 3 is 2.33 bits per heavy atom. The smallest absolute Gasteiger partial charge is 0.308 e. The van der Waals surface area contributed by atoms with Crippen molar-refractivity contribution in [2.24, 2.45) is 11.1 Å². The van der Waals surface area contributed by atoms with Crippen LogP contribution in [0.5, 0.6) is 0 Å². The molecule has 0 bridgehead atoms. The molecule has 1 saturated carbocycles. The average molecular weight is 312 g/mol. The van der Waals surface area contributed by atoms with Crippen LogP contribution in [0.15, 0.2) is 29.2 Å². The summed E-state index contributed by atoms with van der Waals surface area (Å²) in [6.45, 7) is 0. The van der Waals surface area contributed by atoms with Crippen molar-refractivity contribution in [3.63, 3.8) is 0 Å². The second-order valence-electron chi connectivity index (χ2n) is 5.40. The Morgan fingerprint density at radius 1 is 1.14 bits per heavy atom. The lowest BCUT2D eigenvalue weighted by atomic mass is 9.94. The molecule has 0 spiro atoms. The number of hydrogen-bond acceptors (Lipinski definition) is 4. The highest BCUT2D eigenvalue weighted by Gasteiger charge is 2.29. The number of nitrogens with two attached hydrogens (primary N) is 1. The number of anilines is 1. The Morgan fingerprint density at radius 2 is 1.76 bits per heavy atom. The third-order valence-electron chi connectivity index (χ3n) is 3.87. The van der Waals surface area contributed by atoms with Gasteiger partial charge in [0, 0.05) is 11.7 Å². The molecule has 6 nitrogen and oxygen atoms in total. The lowest BCUT2D eigenvalue weighted by Gasteiger charge is -2.24. The molecule has 4 N–H and O–H groups in total. The second kappa shape index (κ2) is 6.44. The first kappa shape index (κ1) is 15.8. The lowest BCUT2D eigenvalue weighted by molar-refractivity contribution is -0.142. The summed E-state index contributed by atoms with van der Waals surface area (Å²) in [5.74, 6) is -1.19. The molecule has 1 aromatic carbocycles. The van der Waals surface area contributed by atoms with Crippen LogP contribution in [-0.2, 0) is 14.8 Å². The van der Waals surface area contributed by atoms with Crippen molar-refractivity contribution in [2.75, 3.05) is 5.32 Å². The zero-order valence-corrected chi connectivity index (χ0v) is 12.5. The molecule has 0 aromatic heterocycles. The molecule has 2 atom stereocenters. The average Bonchev–Trinajstić information content (AvgIpc) is 2.64. The predicted molar refractivity (Wildman–Crippen MR) is 79.4 cm³/mol. The zero-order valence-electron chi connectivity index (χ0n) is 11.7. The molecule has 2 rings (SSSR count). The molecule has 116 valence electrons. The molecular weight excluding hydrogens is 292 g/mol. The molecule has 2 unspecified atom stereocenters. The quantitative estimate of drug-likeness (QED) is 0.734. The van der Waals surface area contributed by atoms with Gasteiger partial charge in [-0.1, -0.05) is 19.3 Å². The van der Waals surface area contributed by atoms with E-state index in [0.717, 1.165) is 25.7 Å². The lowest BCUT2D eigenvalue weighted by Crippen LogP contribution is -2.33. The summed E-state index contributed by atoms with van der Waals surface area (Å²) in [6, 6.07) is 5.94. The van der Waals surface area contributed by atoms with E-state index in [1.54, 1.807) is 12.1 Å². The van der Waals surface area contributed by atoms with Gasteiger partial charge in [-0.25, -0.2) is 13.6 Å². The van der Waals surface area contributed by atoms with E-state index in [-0.39, 0.29) is 10.9 Å². The van der Waals surface area contributed by atoms with Crippen molar-refractivity contribution in [1.82, 2.24) is 0 Å². The first-order chi connectivity index (χ1) is 9.88. The normalized spacial score (nSPS) is 23.3. The molecule has 21 heavy (non-hydrogen) atoms. The number of hydrogen-bond donors (Lipinski definition) is 3.